The number of aliphatic carboxylic acids is 1. The number of carboxylic acids is 1. The van der Waals surface area contributed by atoms with E-state index in [-0.39, 0.29) is 33.0 Å². The van der Waals surface area contributed by atoms with Gasteiger partial charge in [0.2, 0.25) is 0 Å². The van der Waals surface area contributed by atoms with Crippen molar-refractivity contribution < 1.29 is 40.2 Å². The molecular formula is C9H23NO8. The smallest absolute Gasteiger partial charge is 0.317 e. The van der Waals surface area contributed by atoms with Gasteiger partial charge in [0.05, 0.1) is 46.2 Å². The second-order valence-corrected chi connectivity index (χ2v) is 2.68. The molecule has 0 heterocycles. The number of rotatable bonds is 7. The molecule has 0 fully saturated rings. The standard InChI is InChI=1S/C4H10O3.C3H8O3.C2H5NO2/c5-1-3-7-4-2-6;4-1-3(6)2-5;3-1-2(4)5/h5-6H,1-4H2;3-6H,1-2H2;1,3H2,(H,4,5). The van der Waals surface area contributed by atoms with E-state index in [2.05, 4.69) is 10.5 Å². The fourth-order valence-corrected chi connectivity index (χ4v) is 0.289. The lowest BCUT2D eigenvalue weighted by Crippen LogP contribution is -2.15. The molecule has 9 heteroatoms. The molecule has 0 aliphatic carbocycles. The minimum atomic E-state index is -0.968. The van der Waals surface area contributed by atoms with Gasteiger partial charge in [0.1, 0.15) is 6.10 Å². The number of hydrogen-bond donors (Lipinski definition) is 7. The molecule has 9 nitrogen and oxygen atoms in total. The van der Waals surface area contributed by atoms with Crippen molar-refractivity contribution in [3.63, 3.8) is 0 Å². The van der Waals surface area contributed by atoms with Crippen molar-refractivity contribution in [1.29, 1.82) is 0 Å². The molecule has 0 amide bonds. The van der Waals surface area contributed by atoms with Gasteiger partial charge in [0.15, 0.2) is 0 Å². The molecule has 0 aromatic carbocycles. The number of aliphatic hydroxyl groups is 5. The average molecular weight is 273 g/mol. The van der Waals surface area contributed by atoms with Gasteiger partial charge in [-0.2, -0.15) is 0 Å². The Hall–Kier alpha value is -0.810. The normalized spacial score (nSPS) is 9.06. The summed E-state index contributed by atoms with van der Waals surface area (Å²) in [5, 5.41) is 47.8. The quantitative estimate of drug-likeness (QED) is 0.231. The van der Waals surface area contributed by atoms with Crippen molar-refractivity contribution >= 4 is 5.97 Å². The Bertz CT molecular complexity index is 150. The first-order chi connectivity index (χ1) is 8.49. The fraction of sp³-hybridized carbons (Fsp3) is 0.889. The molecule has 0 saturated carbocycles. The zero-order valence-electron chi connectivity index (χ0n) is 10.1. The summed E-state index contributed by atoms with van der Waals surface area (Å²) in [6.45, 7) is -0.311. The van der Waals surface area contributed by atoms with E-state index in [9.17, 15) is 4.79 Å². The topological polar surface area (TPSA) is 174 Å². The molecule has 0 radical (unpaired) electrons. The van der Waals surface area contributed by atoms with Crippen molar-refractivity contribution in [3.8, 4) is 0 Å². The van der Waals surface area contributed by atoms with Crippen LogP contribution in [0.4, 0.5) is 0 Å². The second-order valence-electron chi connectivity index (χ2n) is 2.68. The maximum Gasteiger partial charge on any atom is 0.317 e. The predicted molar refractivity (Wildman–Crippen MR) is 61.9 cm³/mol. The van der Waals surface area contributed by atoms with Crippen molar-refractivity contribution in [2.24, 2.45) is 5.73 Å². The van der Waals surface area contributed by atoms with Gasteiger partial charge in [-0.25, -0.2) is 0 Å². The maximum atomic E-state index is 9.24. The number of aliphatic hydroxyl groups excluding tert-OH is 5. The van der Waals surface area contributed by atoms with Crippen LogP contribution in [0.3, 0.4) is 0 Å². The first-order valence-electron chi connectivity index (χ1n) is 5.11. The molecule has 0 aliphatic rings. The van der Waals surface area contributed by atoms with E-state index in [1.165, 1.54) is 0 Å². The third-order valence-corrected chi connectivity index (χ3v) is 1.07. The molecule has 0 spiro atoms. The van der Waals surface area contributed by atoms with E-state index in [4.69, 9.17) is 30.6 Å². The highest BCUT2D eigenvalue weighted by Crippen LogP contribution is 1.71. The molecule has 0 rings (SSSR count). The highest BCUT2D eigenvalue weighted by Gasteiger charge is 1.93. The van der Waals surface area contributed by atoms with Crippen LogP contribution < -0.4 is 5.73 Å². The fourth-order valence-electron chi connectivity index (χ4n) is 0.289. The summed E-state index contributed by atoms with van der Waals surface area (Å²) >= 11 is 0. The van der Waals surface area contributed by atoms with Crippen LogP contribution >= 0.6 is 0 Å². The predicted octanol–water partition coefficient (Wildman–Crippen LogP) is -3.65. The van der Waals surface area contributed by atoms with Crippen molar-refractivity contribution in [2.75, 3.05) is 46.2 Å². The monoisotopic (exact) mass is 273 g/mol. The summed E-state index contributed by atoms with van der Waals surface area (Å²) in [6, 6.07) is 0. The van der Waals surface area contributed by atoms with E-state index >= 15 is 0 Å². The SMILES string of the molecule is NCC(=O)O.OCC(O)CO.OCCOCCO. The van der Waals surface area contributed by atoms with Crippen LogP contribution in [0.1, 0.15) is 0 Å². The summed E-state index contributed by atoms with van der Waals surface area (Å²) < 4.78 is 4.63. The van der Waals surface area contributed by atoms with Crippen LogP contribution in [-0.2, 0) is 9.53 Å². The van der Waals surface area contributed by atoms with Crippen LogP contribution in [0.25, 0.3) is 0 Å². The summed E-state index contributed by atoms with van der Waals surface area (Å²) in [6.07, 6.45) is -0.954. The van der Waals surface area contributed by atoms with E-state index < -0.39 is 12.1 Å². The van der Waals surface area contributed by atoms with Crippen LogP contribution in [0.2, 0.25) is 0 Å². The third-order valence-electron chi connectivity index (χ3n) is 1.07. The molecule has 0 atom stereocenters. The zero-order chi connectivity index (χ0) is 14.8. The van der Waals surface area contributed by atoms with Crippen LogP contribution in [0.15, 0.2) is 0 Å². The van der Waals surface area contributed by atoms with E-state index in [0.29, 0.717) is 13.2 Å². The molecule has 18 heavy (non-hydrogen) atoms. The number of nitrogens with two attached hydrogens (primary N) is 1. The van der Waals surface area contributed by atoms with Gasteiger partial charge in [-0.3, -0.25) is 4.79 Å². The summed E-state index contributed by atoms with van der Waals surface area (Å²) in [5.74, 6) is -0.968. The number of carbonyl (C=O) groups is 1. The van der Waals surface area contributed by atoms with Crippen molar-refractivity contribution in [2.45, 2.75) is 6.10 Å². The van der Waals surface area contributed by atoms with Gasteiger partial charge in [-0.05, 0) is 0 Å². The van der Waals surface area contributed by atoms with Gasteiger partial charge in [0.25, 0.3) is 0 Å². The maximum absolute atomic E-state index is 9.24. The Balaban J connectivity index is -0.000000190. The average Bonchev–Trinajstić information content (AvgIpc) is 2.39. The number of carboxylic acid groups (broad SMARTS) is 1. The van der Waals surface area contributed by atoms with Gasteiger partial charge >= 0.3 is 5.97 Å². The highest BCUT2D eigenvalue weighted by atomic mass is 16.5. The zero-order valence-corrected chi connectivity index (χ0v) is 10.1. The van der Waals surface area contributed by atoms with Crippen LogP contribution in [0, 0.1) is 0 Å². The lowest BCUT2D eigenvalue weighted by molar-refractivity contribution is -0.135. The largest absolute Gasteiger partial charge is 0.480 e. The molecule has 0 aromatic rings. The van der Waals surface area contributed by atoms with E-state index in [0.717, 1.165) is 0 Å². The van der Waals surface area contributed by atoms with Crippen LogP contribution in [-0.4, -0.2) is 88.9 Å². The van der Waals surface area contributed by atoms with Gasteiger partial charge in [0, 0.05) is 0 Å². The minimum Gasteiger partial charge on any atom is -0.480 e. The Morgan fingerprint density at radius 1 is 1.06 bits per heavy atom. The third kappa shape index (κ3) is 36.2. The number of hydrogen-bond acceptors (Lipinski definition) is 8. The molecule has 0 bridgehead atoms. The van der Waals surface area contributed by atoms with Crippen molar-refractivity contribution in [1.82, 2.24) is 0 Å². The Labute approximate surface area is 105 Å². The van der Waals surface area contributed by atoms with Gasteiger partial charge in [-0.1, -0.05) is 0 Å². The Kier molecular flexibility index (Phi) is 26.7. The van der Waals surface area contributed by atoms with Crippen molar-refractivity contribution in [3.05, 3.63) is 0 Å². The molecule has 112 valence electrons. The minimum absolute atomic E-state index is 0.0278. The molecule has 0 saturated heterocycles. The molecular weight excluding hydrogens is 250 g/mol. The molecule has 0 aliphatic heterocycles. The molecule has 8 N–H and O–H groups in total. The Morgan fingerprint density at radius 2 is 1.39 bits per heavy atom. The van der Waals surface area contributed by atoms with Gasteiger partial charge in [-0.15, -0.1) is 0 Å². The van der Waals surface area contributed by atoms with E-state index in [1.807, 2.05) is 0 Å². The lowest BCUT2D eigenvalue weighted by atomic mass is 10.4. The number of ether oxygens (including phenoxy) is 1. The first kappa shape index (κ1) is 22.4. The lowest BCUT2D eigenvalue weighted by Gasteiger charge is -1.96. The second kappa shape index (κ2) is 21.5. The summed E-state index contributed by atoms with van der Waals surface area (Å²) in [7, 11) is 0. The molecule has 0 unspecified atom stereocenters. The first-order valence-corrected chi connectivity index (χ1v) is 5.11. The molecule has 0 aromatic heterocycles. The van der Waals surface area contributed by atoms with Gasteiger partial charge < -0.3 is 41.1 Å². The summed E-state index contributed by atoms with van der Waals surface area (Å²) in [4.78, 5) is 9.24. The highest BCUT2D eigenvalue weighted by molar-refractivity contribution is 5.68. The Morgan fingerprint density at radius 3 is 1.50 bits per heavy atom. The van der Waals surface area contributed by atoms with Crippen LogP contribution in [0.5, 0.6) is 0 Å². The summed E-state index contributed by atoms with van der Waals surface area (Å²) in [5.41, 5.74) is 4.57. The van der Waals surface area contributed by atoms with E-state index in [1.54, 1.807) is 0 Å².